The topological polar surface area (TPSA) is 53.1 Å². The molecular formula is C31H47N5. The van der Waals surface area contributed by atoms with Crippen LogP contribution in [0.1, 0.15) is 52.3 Å². The summed E-state index contributed by atoms with van der Waals surface area (Å²) in [6.07, 6.45) is 6.67. The molecule has 5 nitrogen and oxygen atoms in total. The van der Waals surface area contributed by atoms with Crippen LogP contribution in [0.15, 0.2) is 79.9 Å². The van der Waals surface area contributed by atoms with Crippen LogP contribution in [0.25, 0.3) is 16.7 Å². The minimum Gasteiger partial charge on any atom is -0.388 e. The summed E-state index contributed by atoms with van der Waals surface area (Å²) in [5.74, 6) is 0. The van der Waals surface area contributed by atoms with E-state index in [2.05, 4.69) is 71.8 Å². The molecule has 0 bridgehead atoms. The molecule has 0 radical (unpaired) electrons. The summed E-state index contributed by atoms with van der Waals surface area (Å²) in [6.45, 7) is 21.7. The zero-order valence-corrected chi connectivity index (χ0v) is 23.9. The molecule has 0 aliphatic heterocycles. The third-order valence-corrected chi connectivity index (χ3v) is 4.85. The Morgan fingerprint density at radius 2 is 1.64 bits per heavy atom. The highest BCUT2D eigenvalue weighted by atomic mass is 15.0. The summed E-state index contributed by atoms with van der Waals surface area (Å²) in [5, 5.41) is 6.50. The van der Waals surface area contributed by atoms with E-state index in [1.54, 1.807) is 12.4 Å². The van der Waals surface area contributed by atoms with Crippen molar-refractivity contribution in [3.8, 4) is 11.1 Å². The Balaban J connectivity index is 0.00000106. The van der Waals surface area contributed by atoms with Crippen LogP contribution in [0.2, 0.25) is 0 Å². The summed E-state index contributed by atoms with van der Waals surface area (Å²) in [5.41, 5.74) is 7.54. The molecule has 5 heteroatoms. The second kappa shape index (κ2) is 18.8. The molecule has 0 atom stereocenters. The molecule has 196 valence electrons. The van der Waals surface area contributed by atoms with E-state index >= 15 is 0 Å². The molecule has 0 amide bonds. The second-order valence-electron chi connectivity index (χ2n) is 7.83. The van der Waals surface area contributed by atoms with Crippen LogP contribution in [0.5, 0.6) is 0 Å². The molecule has 36 heavy (non-hydrogen) atoms. The van der Waals surface area contributed by atoms with Gasteiger partial charge in [-0.15, -0.1) is 0 Å². The standard InChI is InChI=1S/C22H22N4.C5H13N.2C2H6/c1-15-7-9-20(14-25-15)26-17(3)16(2)21-12-18(8-10-22(21)23-4)19-6-5-11-24-13-19;1-4-5-6(2)3;2*1-2/h5-14,23,26H,2-3H2,1,4H3;4-5H2,1-3H3;2*1-2H3. The number of allylic oxidation sites excluding steroid dienone is 1. The molecule has 3 aromatic rings. The summed E-state index contributed by atoms with van der Waals surface area (Å²) < 4.78 is 0. The molecule has 0 fully saturated rings. The molecule has 0 saturated heterocycles. The first-order valence-electron chi connectivity index (χ1n) is 12.8. The second-order valence-corrected chi connectivity index (χ2v) is 7.83. The van der Waals surface area contributed by atoms with Gasteiger partial charge < -0.3 is 15.5 Å². The number of aryl methyl sites for hydroxylation is 1. The number of hydrogen-bond donors (Lipinski definition) is 2. The number of nitrogens with one attached hydrogen (secondary N) is 2. The third kappa shape index (κ3) is 11.3. The van der Waals surface area contributed by atoms with E-state index in [0.29, 0.717) is 0 Å². The van der Waals surface area contributed by atoms with Gasteiger partial charge in [-0.25, -0.2) is 0 Å². The van der Waals surface area contributed by atoms with Gasteiger partial charge in [0.25, 0.3) is 0 Å². The van der Waals surface area contributed by atoms with Gasteiger partial charge in [-0.3, -0.25) is 9.97 Å². The van der Waals surface area contributed by atoms with Crippen molar-refractivity contribution in [2.24, 2.45) is 0 Å². The minimum absolute atomic E-state index is 0.732. The smallest absolute Gasteiger partial charge is 0.0570 e. The Kier molecular flexibility index (Phi) is 17.0. The Labute approximate surface area is 220 Å². The van der Waals surface area contributed by atoms with E-state index in [1.165, 1.54) is 13.0 Å². The minimum atomic E-state index is 0.732. The van der Waals surface area contributed by atoms with E-state index < -0.39 is 0 Å². The summed E-state index contributed by atoms with van der Waals surface area (Å²) in [4.78, 5) is 10.7. The van der Waals surface area contributed by atoms with E-state index in [9.17, 15) is 0 Å². The van der Waals surface area contributed by atoms with Crippen LogP contribution in [-0.2, 0) is 0 Å². The first kappa shape index (κ1) is 32.6. The number of pyridine rings is 2. The Morgan fingerprint density at radius 1 is 0.944 bits per heavy atom. The number of anilines is 2. The molecule has 0 unspecified atom stereocenters. The lowest BCUT2D eigenvalue weighted by molar-refractivity contribution is 0.408. The maximum Gasteiger partial charge on any atom is 0.0570 e. The zero-order chi connectivity index (χ0) is 27.5. The van der Waals surface area contributed by atoms with Crippen molar-refractivity contribution in [2.75, 3.05) is 38.3 Å². The number of nitrogens with zero attached hydrogens (tertiary/aromatic N) is 3. The van der Waals surface area contributed by atoms with Crippen molar-refractivity contribution in [1.29, 1.82) is 0 Å². The fourth-order valence-corrected chi connectivity index (χ4v) is 3.13. The Bertz CT molecular complexity index is 1010. The first-order chi connectivity index (χ1) is 17.3. The van der Waals surface area contributed by atoms with Crippen LogP contribution < -0.4 is 10.6 Å². The Hall–Kier alpha value is -3.44. The fourth-order valence-electron chi connectivity index (χ4n) is 3.13. The van der Waals surface area contributed by atoms with Crippen molar-refractivity contribution in [1.82, 2.24) is 14.9 Å². The lowest BCUT2D eigenvalue weighted by Crippen LogP contribution is -2.11. The first-order valence-corrected chi connectivity index (χ1v) is 12.8. The monoisotopic (exact) mass is 489 g/mol. The molecule has 0 aliphatic carbocycles. The lowest BCUT2D eigenvalue weighted by Gasteiger charge is -2.17. The summed E-state index contributed by atoms with van der Waals surface area (Å²) in [6, 6.07) is 14.1. The maximum absolute atomic E-state index is 4.30. The SMILES string of the molecule is C=C(Nc1ccc(C)nc1)C(=C)c1cc(-c2cccnc2)ccc1NC.CC.CC.CCCN(C)C. The van der Waals surface area contributed by atoms with Crippen molar-refractivity contribution < 1.29 is 0 Å². The summed E-state index contributed by atoms with van der Waals surface area (Å²) >= 11 is 0. The lowest BCUT2D eigenvalue weighted by atomic mass is 9.97. The van der Waals surface area contributed by atoms with E-state index in [4.69, 9.17) is 0 Å². The summed E-state index contributed by atoms with van der Waals surface area (Å²) in [7, 11) is 6.07. The van der Waals surface area contributed by atoms with Crippen LogP contribution in [0, 0.1) is 6.92 Å². The molecule has 3 rings (SSSR count). The van der Waals surface area contributed by atoms with Gasteiger partial charge in [0.2, 0.25) is 0 Å². The highest BCUT2D eigenvalue weighted by Gasteiger charge is 2.11. The van der Waals surface area contributed by atoms with Gasteiger partial charge in [0.1, 0.15) is 0 Å². The van der Waals surface area contributed by atoms with Crippen LogP contribution in [0.3, 0.4) is 0 Å². The van der Waals surface area contributed by atoms with Crippen LogP contribution in [0.4, 0.5) is 11.4 Å². The van der Waals surface area contributed by atoms with E-state index in [0.717, 1.165) is 45.0 Å². The third-order valence-electron chi connectivity index (χ3n) is 4.85. The van der Waals surface area contributed by atoms with Crippen LogP contribution in [-0.4, -0.2) is 42.6 Å². The van der Waals surface area contributed by atoms with Crippen molar-refractivity contribution >= 4 is 16.9 Å². The van der Waals surface area contributed by atoms with E-state index in [1.807, 2.05) is 78.2 Å². The highest BCUT2D eigenvalue weighted by Crippen LogP contribution is 2.32. The van der Waals surface area contributed by atoms with E-state index in [-0.39, 0.29) is 0 Å². The molecule has 0 aliphatic rings. The number of hydrogen-bond acceptors (Lipinski definition) is 5. The van der Waals surface area contributed by atoms with Gasteiger partial charge in [-0.05, 0) is 75.5 Å². The molecular weight excluding hydrogens is 442 g/mol. The molecule has 0 saturated carbocycles. The molecule has 2 aromatic heterocycles. The highest BCUT2D eigenvalue weighted by molar-refractivity contribution is 5.88. The molecule has 1 aromatic carbocycles. The van der Waals surface area contributed by atoms with Crippen molar-refractivity contribution in [3.05, 3.63) is 91.2 Å². The fraction of sp³-hybridized carbons (Fsp3) is 0.355. The average molecular weight is 490 g/mol. The largest absolute Gasteiger partial charge is 0.388 e. The normalized spacial score (nSPS) is 9.39. The molecule has 2 heterocycles. The predicted molar refractivity (Wildman–Crippen MR) is 162 cm³/mol. The maximum atomic E-state index is 4.30. The molecule has 2 N–H and O–H groups in total. The average Bonchev–Trinajstić information content (AvgIpc) is 2.92. The van der Waals surface area contributed by atoms with Gasteiger partial charge >= 0.3 is 0 Å². The number of benzene rings is 1. The van der Waals surface area contributed by atoms with Gasteiger partial charge in [-0.2, -0.15) is 0 Å². The number of rotatable bonds is 8. The number of aromatic nitrogens is 2. The molecule has 0 spiro atoms. The van der Waals surface area contributed by atoms with Crippen molar-refractivity contribution in [3.63, 3.8) is 0 Å². The Morgan fingerprint density at radius 3 is 2.11 bits per heavy atom. The zero-order valence-electron chi connectivity index (χ0n) is 23.9. The van der Waals surface area contributed by atoms with Crippen LogP contribution >= 0.6 is 0 Å². The predicted octanol–water partition coefficient (Wildman–Crippen LogP) is 8.14. The van der Waals surface area contributed by atoms with Gasteiger partial charge in [0.15, 0.2) is 0 Å². The van der Waals surface area contributed by atoms with Crippen molar-refractivity contribution in [2.45, 2.75) is 48.0 Å². The quantitative estimate of drug-likeness (QED) is 0.313. The van der Waals surface area contributed by atoms with Gasteiger partial charge in [0, 0.05) is 47.6 Å². The van der Waals surface area contributed by atoms with Gasteiger partial charge in [-0.1, -0.05) is 59.9 Å². The van der Waals surface area contributed by atoms with Gasteiger partial charge in [0.05, 0.1) is 11.9 Å².